The first kappa shape index (κ1) is 19.2. The van der Waals surface area contributed by atoms with Crippen LogP contribution in [-0.4, -0.2) is 32.0 Å². The molecule has 28 heavy (non-hydrogen) atoms. The molecule has 0 fully saturated rings. The van der Waals surface area contributed by atoms with Crippen LogP contribution >= 0.6 is 0 Å². The Morgan fingerprint density at radius 1 is 1.32 bits per heavy atom. The maximum atomic E-state index is 13.2. The van der Waals surface area contributed by atoms with Crippen molar-refractivity contribution in [2.45, 2.75) is 20.0 Å². The van der Waals surface area contributed by atoms with Crippen LogP contribution in [0.5, 0.6) is 5.75 Å². The van der Waals surface area contributed by atoms with E-state index in [1.54, 1.807) is 0 Å². The number of amides is 1. The van der Waals surface area contributed by atoms with E-state index in [0.717, 1.165) is 33.9 Å². The SMILES string of the molecule is Cc1cc(/C=N/NC(=O)c2nn(-c3ccccc3C(F)(F)F)cc2O)c(C)[nH]1. The van der Waals surface area contributed by atoms with Gasteiger partial charge in [0.1, 0.15) is 0 Å². The lowest BCUT2D eigenvalue weighted by Gasteiger charge is -2.11. The molecule has 1 aromatic carbocycles. The average molecular weight is 391 g/mol. The quantitative estimate of drug-likeness (QED) is 0.470. The van der Waals surface area contributed by atoms with E-state index in [9.17, 15) is 23.1 Å². The van der Waals surface area contributed by atoms with E-state index >= 15 is 0 Å². The molecule has 2 heterocycles. The van der Waals surface area contributed by atoms with E-state index in [4.69, 9.17) is 0 Å². The number of aryl methyl sites for hydroxylation is 2. The molecule has 0 radical (unpaired) electrons. The van der Waals surface area contributed by atoms with E-state index in [0.29, 0.717) is 0 Å². The lowest BCUT2D eigenvalue weighted by molar-refractivity contribution is -0.137. The molecule has 0 saturated carbocycles. The zero-order valence-electron chi connectivity index (χ0n) is 14.9. The highest BCUT2D eigenvalue weighted by atomic mass is 19.4. The highest BCUT2D eigenvalue weighted by molar-refractivity contribution is 5.95. The number of nitrogens with one attached hydrogen (secondary N) is 2. The number of hydrogen-bond donors (Lipinski definition) is 3. The molecule has 1 amide bonds. The van der Waals surface area contributed by atoms with Crippen molar-refractivity contribution in [3.8, 4) is 11.4 Å². The number of nitrogens with zero attached hydrogens (tertiary/aromatic N) is 3. The maximum absolute atomic E-state index is 13.2. The van der Waals surface area contributed by atoms with Crippen molar-refractivity contribution in [2.24, 2.45) is 5.10 Å². The van der Waals surface area contributed by atoms with E-state index in [-0.39, 0.29) is 5.69 Å². The molecule has 3 N–H and O–H groups in total. The number of hydrazone groups is 1. The van der Waals surface area contributed by atoms with Crippen molar-refractivity contribution in [1.29, 1.82) is 0 Å². The molecule has 3 aromatic rings. The van der Waals surface area contributed by atoms with Gasteiger partial charge in [-0.2, -0.15) is 23.4 Å². The molecular formula is C18H16F3N5O2. The molecule has 0 spiro atoms. The Labute approximate surface area is 157 Å². The molecule has 10 heteroatoms. The second kappa shape index (κ2) is 7.22. The van der Waals surface area contributed by atoms with Crippen LogP contribution < -0.4 is 5.43 Å². The minimum Gasteiger partial charge on any atom is -0.504 e. The van der Waals surface area contributed by atoms with E-state index in [1.165, 1.54) is 24.4 Å². The normalized spacial score (nSPS) is 11.9. The molecule has 0 aliphatic heterocycles. The molecule has 0 unspecified atom stereocenters. The van der Waals surface area contributed by atoms with Gasteiger partial charge >= 0.3 is 6.18 Å². The molecule has 0 saturated heterocycles. The van der Waals surface area contributed by atoms with Gasteiger partial charge in [-0.1, -0.05) is 12.1 Å². The number of rotatable bonds is 4. The average Bonchev–Trinajstić information content (AvgIpc) is 3.16. The summed E-state index contributed by atoms with van der Waals surface area (Å²) in [4.78, 5) is 15.3. The number of benzene rings is 1. The Hall–Kier alpha value is -3.56. The molecule has 3 rings (SSSR count). The van der Waals surface area contributed by atoms with Gasteiger partial charge in [0.15, 0.2) is 11.4 Å². The lowest BCUT2D eigenvalue weighted by atomic mass is 10.2. The predicted octanol–water partition coefficient (Wildman–Crippen LogP) is 3.31. The van der Waals surface area contributed by atoms with Gasteiger partial charge in [-0.15, -0.1) is 0 Å². The predicted molar refractivity (Wildman–Crippen MR) is 95.6 cm³/mol. The van der Waals surface area contributed by atoms with Gasteiger partial charge in [0.05, 0.1) is 23.7 Å². The Kier molecular flexibility index (Phi) is 4.95. The molecular weight excluding hydrogens is 375 g/mol. The van der Waals surface area contributed by atoms with Crippen LogP contribution in [0.15, 0.2) is 41.6 Å². The van der Waals surface area contributed by atoms with Crippen molar-refractivity contribution in [2.75, 3.05) is 0 Å². The largest absolute Gasteiger partial charge is 0.504 e. The van der Waals surface area contributed by atoms with Crippen LogP contribution in [0, 0.1) is 13.8 Å². The van der Waals surface area contributed by atoms with E-state index in [2.05, 4.69) is 20.6 Å². The zero-order valence-corrected chi connectivity index (χ0v) is 14.9. The Morgan fingerprint density at radius 3 is 2.68 bits per heavy atom. The molecule has 0 aliphatic rings. The number of H-pyrrole nitrogens is 1. The van der Waals surface area contributed by atoms with Crippen molar-refractivity contribution < 1.29 is 23.1 Å². The number of aromatic amines is 1. The third kappa shape index (κ3) is 3.90. The number of carbonyl (C=O) groups is 1. The number of aromatic hydroxyl groups is 1. The summed E-state index contributed by atoms with van der Waals surface area (Å²) in [6.45, 7) is 3.70. The molecule has 146 valence electrons. The lowest BCUT2D eigenvalue weighted by Crippen LogP contribution is -2.19. The van der Waals surface area contributed by atoms with Gasteiger partial charge in [0.25, 0.3) is 5.91 Å². The molecule has 0 bridgehead atoms. The van der Waals surface area contributed by atoms with Gasteiger partial charge in [-0.3, -0.25) is 4.79 Å². The summed E-state index contributed by atoms with van der Waals surface area (Å²) in [7, 11) is 0. The second-order valence-electron chi connectivity index (χ2n) is 6.05. The zero-order chi connectivity index (χ0) is 20.5. The van der Waals surface area contributed by atoms with Gasteiger partial charge < -0.3 is 10.1 Å². The van der Waals surface area contributed by atoms with Gasteiger partial charge in [-0.05, 0) is 32.0 Å². The number of halogens is 3. The fourth-order valence-electron chi connectivity index (χ4n) is 2.66. The number of hydrogen-bond acceptors (Lipinski definition) is 4. The van der Waals surface area contributed by atoms with Gasteiger partial charge in [-0.25, -0.2) is 10.1 Å². The smallest absolute Gasteiger partial charge is 0.418 e. The fourth-order valence-corrected chi connectivity index (χ4v) is 2.66. The molecule has 2 aromatic heterocycles. The first-order valence-electron chi connectivity index (χ1n) is 8.11. The second-order valence-corrected chi connectivity index (χ2v) is 6.05. The van der Waals surface area contributed by atoms with E-state index in [1.807, 2.05) is 19.9 Å². The summed E-state index contributed by atoms with van der Waals surface area (Å²) in [5, 5.41) is 17.5. The van der Waals surface area contributed by atoms with Crippen LogP contribution in [0.25, 0.3) is 5.69 Å². The highest BCUT2D eigenvalue weighted by Crippen LogP contribution is 2.34. The minimum absolute atomic E-state index is 0.314. The van der Waals surface area contributed by atoms with Crippen molar-refractivity contribution in [3.63, 3.8) is 0 Å². The van der Waals surface area contributed by atoms with Crippen LogP contribution in [0.3, 0.4) is 0 Å². The number of aromatic nitrogens is 3. The summed E-state index contributed by atoms with van der Waals surface area (Å²) in [6, 6.07) is 6.54. The number of alkyl halides is 3. The van der Waals surface area contributed by atoms with Crippen molar-refractivity contribution in [3.05, 3.63) is 64.7 Å². The van der Waals surface area contributed by atoms with Crippen LogP contribution in [0.2, 0.25) is 0 Å². The Morgan fingerprint density at radius 2 is 2.04 bits per heavy atom. The molecule has 7 nitrogen and oxygen atoms in total. The van der Waals surface area contributed by atoms with Crippen LogP contribution in [0.1, 0.15) is 33.0 Å². The number of para-hydroxylation sites is 1. The van der Waals surface area contributed by atoms with Crippen LogP contribution in [0.4, 0.5) is 13.2 Å². The fraction of sp³-hybridized carbons (Fsp3) is 0.167. The maximum Gasteiger partial charge on any atom is 0.418 e. The summed E-state index contributed by atoms with van der Waals surface area (Å²) >= 11 is 0. The minimum atomic E-state index is -4.61. The first-order chi connectivity index (χ1) is 13.2. The van der Waals surface area contributed by atoms with Crippen molar-refractivity contribution in [1.82, 2.24) is 20.2 Å². The summed E-state index contributed by atoms with van der Waals surface area (Å²) in [5.41, 5.74) is 3.02. The van der Waals surface area contributed by atoms with E-state index < -0.39 is 29.1 Å². The van der Waals surface area contributed by atoms with Gasteiger partial charge in [0, 0.05) is 17.0 Å². The Bertz CT molecular complexity index is 1050. The van der Waals surface area contributed by atoms with Gasteiger partial charge in [0.2, 0.25) is 0 Å². The third-order valence-electron chi connectivity index (χ3n) is 3.93. The van der Waals surface area contributed by atoms with Crippen molar-refractivity contribution >= 4 is 12.1 Å². The Balaban J connectivity index is 1.83. The standard InChI is InChI=1S/C18H16F3N5O2/c1-10-7-12(11(2)23-10)8-22-24-17(28)16-15(27)9-26(25-16)14-6-4-3-5-13(14)18(19,20)21/h3-9,23,27H,1-2H3,(H,24,28)/b22-8+. The summed E-state index contributed by atoms with van der Waals surface area (Å²) in [6.07, 6.45) is -2.27. The molecule has 0 atom stereocenters. The summed E-state index contributed by atoms with van der Waals surface area (Å²) < 4.78 is 40.3. The highest BCUT2D eigenvalue weighted by Gasteiger charge is 2.34. The van der Waals surface area contributed by atoms with Crippen LogP contribution in [-0.2, 0) is 6.18 Å². The monoisotopic (exact) mass is 391 g/mol. The summed E-state index contributed by atoms with van der Waals surface area (Å²) in [5.74, 6) is -1.43. The number of carbonyl (C=O) groups excluding carboxylic acids is 1. The first-order valence-corrected chi connectivity index (χ1v) is 8.11. The topological polar surface area (TPSA) is 95.3 Å². The molecule has 0 aliphatic carbocycles. The third-order valence-corrected chi connectivity index (χ3v) is 3.93.